The van der Waals surface area contributed by atoms with Crippen LogP contribution < -0.4 is 5.73 Å². The molecule has 0 saturated carbocycles. The van der Waals surface area contributed by atoms with E-state index in [0.29, 0.717) is 13.0 Å². The van der Waals surface area contributed by atoms with Crippen LogP contribution in [0, 0.1) is 0 Å². The van der Waals surface area contributed by atoms with Gasteiger partial charge in [0.25, 0.3) is 0 Å². The summed E-state index contributed by atoms with van der Waals surface area (Å²) >= 11 is 0. The minimum absolute atomic E-state index is 0.233. The van der Waals surface area contributed by atoms with Crippen molar-refractivity contribution in [1.29, 1.82) is 0 Å². The molecular weight excluding hydrogens is 376 g/mol. The van der Waals surface area contributed by atoms with Crippen LogP contribution in [-0.4, -0.2) is 35.9 Å². The van der Waals surface area contributed by atoms with Gasteiger partial charge in [-0.3, -0.25) is 9.13 Å². The van der Waals surface area contributed by atoms with Crippen molar-refractivity contribution < 1.29 is 27.2 Å². The molecule has 0 aliphatic rings. The van der Waals surface area contributed by atoms with E-state index in [9.17, 15) is 9.13 Å². The van der Waals surface area contributed by atoms with Crippen LogP contribution in [0.1, 0.15) is 75.2 Å². The lowest BCUT2D eigenvalue weighted by Crippen LogP contribution is -2.34. The Morgan fingerprint density at radius 1 is 0.731 bits per heavy atom. The van der Waals surface area contributed by atoms with Gasteiger partial charge in [0.15, 0.2) is 4.90 Å². The first-order valence-corrected chi connectivity index (χ1v) is 12.5. The van der Waals surface area contributed by atoms with Crippen LogP contribution in [0.4, 0.5) is 0 Å². The normalized spacial score (nSPS) is 14.2. The summed E-state index contributed by atoms with van der Waals surface area (Å²) < 4.78 is 51.0. The molecule has 0 bridgehead atoms. The zero-order chi connectivity index (χ0) is 20.8. The maximum atomic E-state index is 14.0. The lowest BCUT2D eigenvalue weighted by molar-refractivity contribution is 0.109. The quantitative estimate of drug-likeness (QED) is 0.395. The third kappa shape index (κ3) is 7.01. The van der Waals surface area contributed by atoms with Crippen LogP contribution in [0.15, 0.2) is 0 Å². The summed E-state index contributed by atoms with van der Waals surface area (Å²) in [5, 5.41) is 0. The Morgan fingerprint density at radius 2 is 1.00 bits per heavy atom. The highest BCUT2D eigenvalue weighted by atomic mass is 31.2. The van der Waals surface area contributed by atoms with Gasteiger partial charge < -0.3 is 23.8 Å². The first-order valence-electron chi connectivity index (χ1n) is 9.37. The Kier molecular flexibility index (Phi) is 10.8. The summed E-state index contributed by atoms with van der Waals surface area (Å²) in [5.41, 5.74) is 5.68. The van der Waals surface area contributed by atoms with E-state index in [4.69, 9.17) is 23.8 Å². The van der Waals surface area contributed by atoms with Gasteiger partial charge in [0.05, 0.1) is 24.4 Å². The fraction of sp³-hybridized carbons (Fsp3) is 1.00. The Labute approximate surface area is 159 Å². The first kappa shape index (κ1) is 26.3. The summed E-state index contributed by atoms with van der Waals surface area (Å²) in [6, 6.07) is 0. The first-order chi connectivity index (χ1) is 11.7. The Bertz CT molecular complexity index is 441. The van der Waals surface area contributed by atoms with Crippen LogP contribution in [0.3, 0.4) is 0 Å². The number of hydrogen-bond acceptors (Lipinski definition) is 7. The predicted molar refractivity (Wildman–Crippen MR) is 107 cm³/mol. The SMILES string of the molecule is CC(C)OP(=O)(OC(C)C)C(C)(CCCN)P(=O)(OC(C)C)OC(C)C. The van der Waals surface area contributed by atoms with Crippen LogP contribution in [0.25, 0.3) is 0 Å². The Balaban J connectivity index is 6.45. The van der Waals surface area contributed by atoms with Crippen molar-refractivity contribution in [2.24, 2.45) is 5.73 Å². The van der Waals surface area contributed by atoms with Crippen molar-refractivity contribution in [3.63, 3.8) is 0 Å². The highest BCUT2D eigenvalue weighted by Crippen LogP contribution is 2.80. The molecule has 0 fully saturated rings. The molecule has 0 rings (SSSR count). The van der Waals surface area contributed by atoms with Gasteiger partial charge in [-0.1, -0.05) is 0 Å². The maximum absolute atomic E-state index is 14.0. The molecule has 0 aliphatic heterocycles. The summed E-state index contributed by atoms with van der Waals surface area (Å²) in [6.07, 6.45) is -0.828. The van der Waals surface area contributed by atoms with E-state index < -0.39 is 20.1 Å². The zero-order valence-electron chi connectivity index (χ0n) is 17.9. The molecule has 7 nitrogen and oxygen atoms in total. The molecule has 0 spiro atoms. The van der Waals surface area contributed by atoms with Crippen LogP contribution >= 0.6 is 15.2 Å². The number of nitrogens with two attached hydrogens (primary N) is 1. The van der Waals surface area contributed by atoms with Gasteiger partial charge >= 0.3 is 15.2 Å². The topological polar surface area (TPSA) is 97.1 Å². The van der Waals surface area contributed by atoms with E-state index in [1.807, 2.05) is 0 Å². The van der Waals surface area contributed by atoms with Gasteiger partial charge in [0.1, 0.15) is 0 Å². The van der Waals surface area contributed by atoms with E-state index in [2.05, 4.69) is 0 Å². The zero-order valence-corrected chi connectivity index (χ0v) is 19.6. The molecule has 0 unspecified atom stereocenters. The highest BCUT2D eigenvalue weighted by Gasteiger charge is 2.62. The van der Waals surface area contributed by atoms with Gasteiger partial charge in [0, 0.05) is 0 Å². The fourth-order valence-electron chi connectivity index (χ4n) is 2.47. The molecule has 0 amide bonds. The van der Waals surface area contributed by atoms with E-state index in [1.165, 1.54) is 0 Å². The Morgan fingerprint density at radius 3 is 1.19 bits per heavy atom. The Hall–Kier alpha value is 0.260. The second kappa shape index (κ2) is 10.7. The van der Waals surface area contributed by atoms with Gasteiger partial charge in [-0.15, -0.1) is 0 Å². The molecular formula is C17H39NO6P2. The number of rotatable bonds is 13. The molecule has 0 aromatic carbocycles. The molecule has 0 radical (unpaired) electrons. The van der Waals surface area contributed by atoms with E-state index in [1.54, 1.807) is 62.3 Å². The predicted octanol–water partition coefficient (Wildman–Crippen LogP) is 5.53. The molecule has 0 atom stereocenters. The smallest absolute Gasteiger partial charge is 0.330 e. The van der Waals surface area contributed by atoms with Gasteiger partial charge in [0.2, 0.25) is 0 Å². The van der Waals surface area contributed by atoms with E-state index >= 15 is 0 Å². The van der Waals surface area contributed by atoms with E-state index in [0.717, 1.165) is 0 Å². The van der Waals surface area contributed by atoms with Crippen molar-refractivity contribution in [3.8, 4) is 0 Å². The third-order valence-corrected chi connectivity index (χ3v) is 10.5. The molecule has 0 aromatic rings. The average molecular weight is 415 g/mol. The van der Waals surface area contributed by atoms with Gasteiger partial charge in [-0.25, -0.2) is 0 Å². The van der Waals surface area contributed by atoms with E-state index in [-0.39, 0.29) is 30.8 Å². The van der Waals surface area contributed by atoms with Crippen molar-refractivity contribution in [1.82, 2.24) is 0 Å². The average Bonchev–Trinajstić information content (AvgIpc) is 2.40. The molecule has 26 heavy (non-hydrogen) atoms. The van der Waals surface area contributed by atoms with Crippen molar-refractivity contribution in [2.75, 3.05) is 6.54 Å². The van der Waals surface area contributed by atoms with Crippen molar-refractivity contribution in [2.45, 2.75) is 104 Å². The van der Waals surface area contributed by atoms with Crippen LogP contribution in [-0.2, 0) is 27.2 Å². The molecule has 9 heteroatoms. The molecule has 0 aromatic heterocycles. The summed E-state index contributed by atoms with van der Waals surface area (Å²) in [7, 11) is -7.77. The fourth-order valence-corrected chi connectivity index (χ4v) is 8.33. The molecule has 0 aliphatic carbocycles. The number of hydrogen-bond donors (Lipinski definition) is 1. The maximum Gasteiger partial charge on any atom is 0.349 e. The molecule has 0 saturated heterocycles. The third-order valence-electron chi connectivity index (χ3n) is 3.43. The van der Waals surface area contributed by atoms with Gasteiger partial charge in [-0.05, 0) is 81.7 Å². The molecule has 158 valence electrons. The lowest BCUT2D eigenvalue weighted by atomic mass is 10.2. The monoisotopic (exact) mass is 415 g/mol. The van der Waals surface area contributed by atoms with Crippen molar-refractivity contribution >= 4 is 15.2 Å². The lowest BCUT2D eigenvalue weighted by Gasteiger charge is -2.42. The standard InChI is InChI=1S/C17H39NO6P2/c1-13(2)21-25(19,22-14(3)4)17(9,11-10-12-18)26(20,23-15(5)6)24-16(7)8/h13-16H,10-12,18H2,1-9H3. The van der Waals surface area contributed by atoms with Gasteiger partial charge in [-0.2, -0.15) is 0 Å². The summed E-state index contributed by atoms with van der Waals surface area (Å²) in [5.74, 6) is 0. The second-order valence-electron chi connectivity index (χ2n) is 7.72. The largest absolute Gasteiger partial charge is 0.349 e. The molecule has 0 heterocycles. The van der Waals surface area contributed by atoms with Crippen LogP contribution in [0.5, 0.6) is 0 Å². The molecule has 2 N–H and O–H groups in total. The second-order valence-corrected chi connectivity index (χ2v) is 12.9. The minimum atomic E-state index is -3.89. The minimum Gasteiger partial charge on any atom is -0.330 e. The summed E-state index contributed by atoms with van der Waals surface area (Å²) in [4.78, 5) is -1.47. The highest BCUT2D eigenvalue weighted by molar-refractivity contribution is 7.74. The van der Waals surface area contributed by atoms with Crippen molar-refractivity contribution in [3.05, 3.63) is 0 Å². The summed E-state index contributed by atoms with van der Waals surface area (Å²) in [6.45, 7) is 16.0. The van der Waals surface area contributed by atoms with Crippen LogP contribution in [0.2, 0.25) is 0 Å².